The summed E-state index contributed by atoms with van der Waals surface area (Å²) in [5.41, 5.74) is 0.826. The van der Waals surface area contributed by atoms with E-state index in [1.807, 2.05) is 30.3 Å². The van der Waals surface area contributed by atoms with Crippen LogP contribution in [-0.4, -0.2) is 23.2 Å². The fourth-order valence-corrected chi connectivity index (χ4v) is 3.36. The molecule has 0 aliphatic rings. The average Bonchev–Trinajstić information content (AvgIpc) is 3.34. The van der Waals surface area contributed by atoms with Crippen LogP contribution in [0.25, 0.3) is 11.4 Å². The lowest BCUT2D eigenvalue weighted by Gasteiger charge is -2.16. The molecular weight excluding hydrogens is 447 g/mol. The number of halogens is 3. The summed E-state index contributed by atoms with van der Waals surface area (Å²) >= 11 is 0. The van der Waals surface area contributed by atoms with Gasteiger partial charge < -0.3 is 14.6 Å². The number of alkyl halides is 3. The average molecular weight is 467 g/mol. The molecule has 6 nitrogen and oxygen atoms in total. The Balaban J connectivity index is 1.60. The second kappa shape index (κ2) is 9.78. The number of nitrogens with one attached hydrogen (secondary N) is 1. The lowest BCUT2D eigenvalue weighted by atomic mass is 10.0. The number of methoxy groups -OCH3 is 1. The van der Waals surface area contributed by atoms with Crippen LogP contribution in [0.3, 0.4) is 0 Å². The van der Waals surface area contributed by atoms with Crippen molar-refractivity contribution in [2.45, 2.75) is 18.6 Å². The second-order valence-corrected chi connectivity index (χ2v) is 7.48. The highest BCUT2D eigenvalue weighted by molar-refractivity contribution is 5.94. The summed E-state index contributed by atoms with van der Waals surface area (Å²) < 4.78 is 49.2. The lowest BCUT2D eigenvalue weighted by molar-refractivity contribution is -0.137. The lowest BCUT2D eigenvalue weighted by Crippen LogP contribution is -2.30. The van der Waals surface area contributed by atoms with Gasteiger partial charge in [-0.3, -0.25) is 4.79 Å². The predicted molar refractivity (Wildman–Crippen MR) is 118 cm³/mol. The zero-order valence-electron chi connectivity index (χ0n) is 18.0. The van der Waals surface area contributed by atoms with Crippen molar-refractivity contribution >= 4 is 5.91 Å². The molecule has 1 heterocycles. The van der Waals surface area contributed by atoms with Crippen molar-refractivity contribution in [1.82, 2.24) is 15.5 Å². The highest BCUT2D eigenvalue weighted by atomic mass is 19.4. The van der Waals surface area contributed by atoms with Crippen LogP contribution < -0.4 is 10.1 Å². The Hall–Kier alpha value is -4.14. The fraction of sp³-hybridized carbons (Fsp3) is 0.160. The first-order valence-electron chi connectivity index (χ1n) is 10.3. The van der Waals surface area contributed by atoms with Crippen LogP contribution in [0.2, 0.25) is 0 Å². The third-order valence-electron chi connectivity index (χ3n) is 5.13. The standard InChI is InChI=1S/C25H20F3N3O3/c1-33-20-9-5-8-18(15-20)22-30-24(34-31-22)21(14-16-6-3-2-4-7-16)29-23(32)17-10-12-19(13-11-17)25(26,27)28/h2-13,15,21H,14H2,1H3,(H,29,32)/t21-/m1/s1. The number of benzene rings is 3. The number of ether oxygens (including phenoxy) is 1. The van der Waals surface area contributed by atoms with Crippen LogP contribution in [0.15, 0.2) is 83.4 Å². The molecule has 9 heteroatoms. The molecule has 3 aromatic carbocycles. The molecule has 34 heavy (non-hydrogen) atoms. The van der Waals surface area contributed by atoms with E-state index in [4.69, 9.17) is 9.26 Å². The van der Waals surface area contributed by atoms with E-state index in [0.29, 0.717) is 23.6 Å². The molecule has 4 rings (SSSR count). The van der Waals surface area contributed by atoms with Gasteiger partial charge in [-0.1, -0.05) is 47.6 Å². The molecule has 1 atom stereocenters. The minimum atomic E-state index is -4.48. The number of rotatable bonds is 7. The van der Waals surface area contributed by atoms with Gasteiger partial charge in [0, 0.05) is 17.5 Å². The molecule has 0 radical (unpaired) electrons. The first kappa shape index (κ1) is 23.0. The van der Waals surface area contributed by atoms with E-state index in [-0.39, 0.29) is 11.5 Å². The molecule has 0 unspecified atom stereocenters. The highest BCUT2D eigenvalue weighted by Gasteiger charge is 2.30. The molecule has 0 fully saturated rings. The van der Waals surface area contributed by atoms with Gasteiger partial charge in [-0.15, -0.1) is 0 Å². The molecule has 174 valence electrons. The second-order valence-electron chi connectivity index (χ2n) is 7.48. The Kier molecular flexibility index (Phi) is 6.62. The number of nitrogens with zero attached hydrogens (tertiary/aromatic N) is 2. The zero-order chi connectivity index (χ0) is 24.1. The Labute approximate surface area is 193 Å². The molecule has 1 amide bonds. The number of hydrogen-bond acceptors (Lipinski definition) is 5. The SMILES string of the molecule is COc1cccc(-c2noc([C@@H](Cc3ccccc3)NC(=O)c3ccc(C(F)(F)F)cc3)n2)c1. The van der Waals surface area contributed by atoms with Gasteiger partial charge >= 0.3 is 6.18 Å². The van der Waals surface area contributed by atoms with E-state index < -0.39 is 23.7 Å². The van der Waals surface area contributed by atoms with E-state index >= 15 is 0 Å². The summed E-state index contributed by atoms with van der Waals surface area (Å²) in [4.78, 5) is 17.3. The normalized spacial score (nSPS) is 12.2. The molecular formula is C25H20F3N3O3. The molecule has 0 bridgehead atoms. The maximum absolute atomic E-state index is 12.8. The van der Waals surface area contributed by atoms with Crippen molar-refractivity contribution in [2.75, 3.05) is 7.11 Å². The number of hydrogen-bond donors (Lipinski definition) is 1. The maximum atomic E-state index is 12.8. The Morgan fingerprint density at radius 2 is 1.76 bits per heavy atom. The number of aromatic nitrogens is 2. The van der Waals surface area contributed by atoms with Crippen LogP contribution in [0, 0.1) is 0 Å². The smallest absolute Gasteiger partial charge is 0.416 e. The molecule has 0 spiro atoms. The van der Waals surface area contributed by atoms with Crippen LogP contribution in [-0.2, 0) is 12.6 Å². The van der Waals surface area contributed by atoms with E-state index in [9.17, 15) is 18.0 Å². The Bertz CT molecular complexity index is 1260. The van der Waals surface area contributed by atoms with E-state index in [1.54, 1.807) is 31.4 Å². The maximum Gasteiger partial charge on any atom is 0.416 e. The summed E-state index contributed by atoms with van der Waals surface area (Å²) in [6.45, 7) is 0. The van der Waals surface area contributed by atoms with E-state index in [1.165, 1.54) is 0 Å². The van der Waals surface area contributed by atoms with Crippen molar-refractivity contribution in [1.29, 1.82) is 0 Å². The summed E-state index contributed by atoms with van der Waals surface area (Å²) in [5, 5.41) is 6.83. The summed E-state index contributed by atoms with van der Waals surface area (Å²) in [6.07, 6.45) is -4.14. The fourth-order valence-electron chi connectivity index (χ4n) is 3.36. The van der Waals surface area contributed by atoms with Gasteiger partial charge in [0.1, 0.15) is 11.8 Å². The predicted octanol–water partition coefficient (Wildman–Crippen LogP) is 5.48. The molecule has 0 aliphatic carbocycles. The minimum Gasteiger partial charge on any atom is -0.497 e. The molecule has 0 saturated carbocycles. The van der Waals surface area contributed by atoms with Crippen molar-refractivity contribution < 1.29 is 27.2 Å². The summed E-state index contributed by atoms with van der Waals surface area (Å²) in [7, 11) is 1.55. The van der Waals surface area contributed by atoms with Crippen LogP contribution in [0.5, 0.6) is 5.75 Å². The van der Waals surface area contributed by atoms with Crippen molar-refractivity contribution in [3.63, 3.8) is 0 Å². The van der Waals surface area contributed by atoms with Gasteiger partial charge in [0.05, 0.1) is 12.7 Å². The number of carbonyl (C=O) groups excluding carboxylic acids is 1. The van der Waals surface area contributed by atoms with Gasteiger partial charge in [-0.2, -0.15) is 18.2 Å². The number of amides is 1. The quantitative estimate of drug-likeness (QED) is 0.390. The Morgan fingerprint density at radius 3 is 2.44 bits per heavy atom. The van der Waals surface area contributed by atoms with Crippen molar-refractivity contribution in [3.05, 3.63) is 101 Å². The first-order valence-corrected chi connectivity index (χ1v) is 10.3. The topological polar surface area (TPSA) is 77.3 Å². The van der Waals surface area contributed by atoms with Gasteiger partial charge in [0.25, 0.3) is 5.91 Å². The third kappa shape index (κ3) is 5.43. The van der Waals surface area contributed by atoms with Crippen LogP contribution in [0.1, 0.15) is 33.4 Å². The molecule has 1 N–H and O–H groups in total. The summed E-state index contributed by atoms with van der Waals surface area (Å²) in [5.74, 6) is 0.550. The first-order chi connectivity index (χ1) is 16.3. The molecule has 1 aromatic heterocycles. The Morgan fingerprint density at radius 1 is 1.03 bits per heavy atom. The van der Waals surface area contributed by atoms with Gasteiger partial charge in [-0.05, 0) is 42.0 Å². The molecule has 0 aliphatic heterocycles. The largest absolute Gasteiger partial charge is 0.497 e. The third-order valence-corrected chi connectivity index (χ3v) is 5.13. The van der Waals surface area contributed by atoms with E-state index in [2.05, 4.69) is 15.5 Å². The molecule has 0 saturated heterocycles. The van der Waals surface area contributed by atoms with Gasteiger partial charge in [0.15, 0.2) is 0 Å². The monoisotopic (exact) mass is 467 g/mol. The van der Waals surface area contributed by atoms with E-state index in [0.717, 1.165) is 29.8 Å². The van der Waals surface area contributed by atoms with Gasteiger partial charge in [0.2, 0.25) is 11.7 Å². The van der Waals surface area contributed by atoms with Gasteiger partial charge in [-0.25, -0.2) is 0 Å². The molecule has 4 aromatic rings. The zero-order valence-corrected chi connectivity index (χ0v) is 18.0. The van der Waals surface area contributed by atoms with Crippen LogP contribution in [0.4, 0.5) is 13.2 Å². The van der Waals surface area contributed by atoms with Crippen LogP contribution >= 0.6 is 0 Å². The summed E-state index contributed by atoms with van der Waals surface area (Å²) in [6, 6.07) is 19.8. The number of carbonyl (C=O) groups is 1. The highest BCUT2D eigenvalue weighted by Crippen LogP contribution is 2.29. The minimum absolute atomic E-state index is 0.0820. The van der Waals surface area contributed by atoms with Crippen molar-refractivity contribution in [2.24, 2.45) is 0 Å². The van der Waals surface area contributed by atoms with Crippen molar-refractivity contribution in [3.8, 4) is 17.1 Å².